The average Bonchev–Trinajstić information content (AvgIpc) is 2.36. The number of allylic oxidation sites excluding steroid dienone is 4. The molecule has 2 unspecified atom stereocenters. The van der Waals surface area contributed by atoms with Crippen LogP contribution in [0.4, 0.5) is 0 Å². The molecule has 6 heteroatoms. The van der Waals surface area contributed by atoms with Crippen LogP contribution in [-0.4, -0.2) is 33.3 Å². The summed E-state index contributed by atoms with van der Waals surface area (Å²) in [6, 6.07) is 1.01. The molecule has 0 aromatic heterocycles. The Bertz CT molecular complexity index is 462. The summed E-state index contributed by atoms with van der Waals surface area (Å²) in [6.07, 6.45) is 10.2. The summed E-state index contributed by atoms with van der Waals surface area (Å²) in [5.41, 5.74) is 0. The Balaban J connectivity index is 3.31. The van der Waals surface area contributed by atoms with Crippen molar-refractivity contribution >= 4 is 44.4 Å². The molecule has 1 aliphatic carbocycles. The lowest BCUT2D eigenvalue weighted by Gasteiger charge is -2.52. The molecule has 0 N–H and O–H groups in total. The van der Waals surface area contributed by atoms with Gasteiger partial charge in [0.25, 0.3) is 7.14 Å². The highest BCUT2D eigenvalue weighted by Crippen LogP contribution is 2.56. The molecule has 0 fully saturated rings. The minimum Gasteiger partial charge on any atom is -0.448 e. The van der Waals surface area contributed by atoms with Crippen molar-refractivity contribution in [2.45, 2.75) is 76.0 Å². The first-order valence-corrected chi connectivity index (χ1v) is 19.1. The molecule has 0 saturated carbocycles. The van der Waals surface area contributed by atoms with Crippen molar-refractivity contribution < 1.29 is 4.12 Å². The second kappa shape index (κ2) is 6.48. The Morgan fingerprint density at radius 2 is 1.68 bits per heavy atom. The van der Waals surface area contributed by atoms with Crippen LogP contribution >= 0.6 is 11.1 Å². The van der Waals surface area contributed by atoms with E-state index in [1.165, 1.54) is 0 Å². The average molecular weight is 388 g/mol. The number of rotatable bonds is 5. The highest BCUT2D eigenvalue weighted by Gasteiger charge is 2.59. The van der Waals surface area contributed by atoms with E-state index in [-0.39, 0.29) is 10.1 Å². The van der Waals surface area contributed by atoms with Gasteiger partial charge < -0.3 is 4.12 Å². The Labute approximate surface area is 148 Å². The molecule has 0 saturated heterocycles. The lowest BCUT2D eigenvalue weighted by atomic mass is 10.0. The van der Waals surface area contributed by atoms with Gasteiger partial charge >= 0.3 is 0 Å². The molecule has 125 valence electrons. The molecule has 0 spiro atoms. The van der Waals surface area contributed by atoms with E-state index in [4.69, 9.17) is 15.2 Å². The molecule has 1 aliphatic rings. The molecule has 0 amide bonds. The molecule has 0 heterocycles. The normalized spacial score (nSPS) is 26.1. The highest BCUT2D eigenvalue weighted by atomic mass is 35.6. The van der Waals surface area contributed by atoms with Crippen molar-refractivity contribution in [1.82, 2.24) is 0 Å². The van der Waals surface area contributed by atoms with Crippen LogP contribution in [0.1, 0.15) is 27.2 Å². The molecule has 0 bridgehead atoms. The molecular weight excluding hydrogens is 356 g/mol. The molecule has 0 aromatic carbocycles. The molecule has 2 atom stereocenters. The number of halogens is 1. The zero-order valence-corrected chi connectivity index (χ0v) is 20.3. The molecular formula is C16H32ClOSi4. The zero-order valence-electron chi connectivity index (χ0n) is 15.5. The van der Waals surface area contributed by atoms with Gasteiger partial charge in [0.1, 0.15) is 0 Å². The van der Waals surface area contributed by atoms with Crippen LogP contribution in [0, 0.1) is 0 Å². The van der Waals surface area contributed by atoms with Crippen molar-refractivity contribution in [3.8, 4) is 0 Å². The molecule has 0 aliphatic heterocycles. The van der Waals surface area contributed by atoms with Gasteiger partial charge in [-0.2, -0.15) is 0 Å². The second-order valence-corrected chi connectivity index (χ2v) is 31.1. The summed E-state index contributed by atoms with van der Waals surface area (Å²) < 4.78 is 5.99. The molecule has 1 rings (SSSR count). The van der Waals surface area contributed by atoms with Crippen molar-refractivity contribution in [3.05, 3.63) is 24.3 Å². The Morgan fingerprint density at radius 3 is 2.00 bits per heavy atom. The fourth-order valence-corrected chi connectivity index (χ4v) is 23.2. The summed E-state index contributed by atoms with van der Waals surface area (Å²) in [4.78, 5) is 0. The predicted molar refractivity (Wildman–Crippen MR) is 109 cm³/mol. The van der Waals surface area contributed by atoms with E-state index in [0.29, 0.717) is 0 Å². The van der Waals surface area contributed by atoms with Gasteiger partial charge in [-0.25, -0.2) is 0 Å². The van der Waals surface area contributed by atoms with Gasteiger partial charge in [0.15, 0.2) is 0 Å². The van der Waals surface area contributed by atoms with Gasteiger partial charge in [0.2, 0.25) is 10.5 Å². The predicted octanol–water partition coefficient (Wildman–Crippen LogP) is 5.95. The summed E-state index contributed by atoms with van der Waals surface area (Å²) in [7, 11) is -2.18. The van der Waals surface area contributed by atoms with E-state index >= 15 is 0 Å². The number of hydrogen-bond donors (Lipinski definition) is 0. The van der Waals surface area contributed by atoms with Gasteiger partial charge in [-0.1, -0.05) is 77.8 Å². The van der Waals surface area contributed by atoms with Crippen LogP contribution in [0.5, 0.6) is 0 Å². The molecule has 3 radical (unpaired) electrons. The van der Waals surface area contributed by atoms with Crippen LogP contribution in [0.25, 0.3) is 0 Å². The fourth-order valence-electron chi connectivity index (χ4n) is 2.97. The third-order valence-corrected chi connectivity index (χ3v) is 32.7. The third kappa shape index (κ3) is 3.64. The van der Waals surface area contributed by atoms with Crippen molar-refractivity contribution in [2.75, 3.05) is 0 Å². The Hall–Kier alpha value is 0.598. The quantitative estimate of drug-likeness (QED) is 0.418. The fraction of sp³-hybridized carbons (Fsp3) is 0.750. The topological polar surface area (TPSA) is 9.23 Å². The maximum absolute atomic E-state index is 7.32. The van der Waals surface area contributed by atoms with Gasteiger partial charge in [0.05, 0.1) is 15.7 Å². The minimum atomic E-state index is -2.38. The maximum Gasteiger partial charge on any atom is 0.263 e. The van der Waals surface area contributed by atoms with Crippen LogP contribution < -0.4 is 0 Å². The van der Waals surface area contributed by atoms with Crippen LogP contribution in [0.15, 0.2) is 24.3 Å². The van der Waals surface area contributed by atoms with E-state index in [9.17, 15) is 0 Å². The molecule has 22 heavy (non-hydrogen) atoms. The van der Waals surface area contributed by atoms with Gasteiger partial charge in [0, 0.05) is 0 Å². The molecule has 1 nitrogen and oxygen atoms in total. The van der Waals surface area contributed by atoms with Gasteiger partial charge in [-0.15, -0.1) is 11.1 Å². The van der Waals surface area contributed by atoms with Crippen molar-refractivity contribution in [2.24, 2.45) is 0 Å². The summed E-state index contributed by atoms with van der Waals surface area (Å²) in [5, 5.41) is 0.431. The van der Waals surface area contributed by atoms with Gasteiger partial charge in [-0.3, -0.25) is 0 Å². The largest absolute Gasteiger partial charge is 0.448 e. The van der Waals surface area contributed by atoms with E-state index < -0.39 is 22.8 Å². The van der Waals surface area contributed by atoms with Crippen LogP contribution in [-0.2, 0) is 4.12 Å². The highest BCUT2D eigenvalue weighted by molar-refractivity contribution is 7.58. The third-order valence-electron chi connectivity index (χ3n) is 6.15. The van der Waals surface area contributed by atoms with Crippen molar-refractivity contribution in [1.29, 1.82) is 0 Å². The van der Waals surface area contributed by atoms with E-state index in [1.807, 2.05) is 0 Å². The summed E-state index contributed by atoms with van der Waals surface area (Å²) >= 11 is 7.32. The zero-order chi connectivity index (χ0) is 17.4. The lowest BCUT2D eigenvalue weighted by Crippen LogP contribution is -2.64. The first kappa shape index (κ1) is 20.6. The van der Waals surface area contributed by atoms with E-state index in [2.05, 4.69) is 88.3 Å². The minimum absolute atomic E-state index is 0.206. The van der Waals surface area contributed by atoms with E-state index in [1.54, 1.807) is 0 Å². The van der Waals surface area contributed by atoms with Crippen LogP contribution in [0.3, 0.4) is 0 Å². The summed E-state index contributed by atoms with van der Waals surface area (Å²) in [6.45, 7) is 19.2. The standard InChI is InChI=1S/C16H32ClOSi4/c1-15(2,3)21(7,8)22(17,18-19)14-16(20(4,5)6)12-10-9-11-13-16/h9-12H,13-14H2,1-8H3. The Kier molecular flexibility index (Phi) is 6.08. The SMILES string of the molecule is CC(C)(C)[Si](C)(C)[Si](Cl)(CC1([Si](C)(C)C)C=CC=CC1)O[Si]. The lowest BCUT2D eigenvalue weighted by molar-refractivity contribution is 0.595. The number of hydrogen-bond acceptors (Lipinski definition) is 1. The van der Waals surface area contributed by atoms with Gasteiger partial charge in [-0.05, 0) is 22.5 Å². The molecule has 0 aromatic rings. The van der Waals surface area contributed by atoms with E-state index in [0.717, 1.165) is 12.5 Å². The second-order valence-electron chi connectivity index (χ2n) is 9.28. The summed E-state index contributed by atoms with van der Waals surface area (Å²) in [5.74, 6) is 0. The smallest absolute Gasteiger partial charge is 0.263 e. The maximum atomic E-state index is 7.32. The monoisotopic (exact) mass is 387 g/mol. The van der Waals surface area contributed by atoms with Crippen LogP contribution in [0.2, 0.25) is 48.9 Å². The Morgan fingerprint density at radius 1 is 1.14 bits per heavy atom. The van der Waals surface area contributed by atoms with Crippen molar-refractivity contribution in [3.63, 3.8) is 0 Å². The first-order chi connectivity index (χ1) is 9.72. The first-order valence-electron chi connectivity index (χ1n) is 8.10.